The van der Waals surface area contributed by atoms with Crippen molar-refractivity contribution >= 4 is 24.0 Å². The SMILES string of the molecule is COc1ccc(C(=O)NCC(=O)N/N=C\c2ccc(OC)c(OC)c2C(=O)[O-])cc1OC. The predicted molar refractivity (Wildman–Crippen MR) is 111 cm³/mol. The third-order valence-corrected chi connectivity index (χ3v) is 4.23. The van der Waals surface area contributed by atoms with Crippen molar-refractivity contribution in [3.8, 4) is 23.0 Å². The molecule has 2 N–H and O–H groups in total. The zero-order chi connectivity index (χ0) is 23.7. The van der Waals surface area contributed by atoms with Crippen molar-refractivity contribution in [2.24, 2.45) is 5.10 Å². The monoisotopic (exact) mass is 444 g/mol. The molecule has 32 heavy (non-hydrogen) atoms. The molecule has 2 aromatic rings. The van der Waals surface area contributed by atoms with E-state index < -0.39 is 17.8 Å². The summed E-state index contributed by atoms with van der Waals surface area (Å²) in [5, 5.41) is 17.7. The second-order valence-electron chi connectivity index (χ2n) is 6.10. The van der Waals surface area contributed by atoms with Crippen LogP contribution in [-0.4, -0.2) is 59.0 Å². The van der Waals surface area contributed by atoms with Crippen LogP contribution in [0.2, 0.25) is 0 Å². The molecule has 0 aliphatic rings. The summed E-state index contributed by atoms with van der Waals surface area (Å²) in [7, 11) is 5.56. The number of hydrazone groups is 1. The molecule has 0 unspecified atom stereocenters. The maximum absolute atomic E-state index is 12.2. The van der Waals surface area contributed by atoms with Crippen molar-refractivity contribution in [1.82, 2.24) is 10.7 Å². The van der Waals surface area contributed by atoms with Crippen LogP contribution in [0.25, 0.3) is 0 Å². The topological polar surface area (TPSA) is 148 Å². The minimum Gasteiger partial charge on any atom is -0.545 e. The summed E-state index contributed by atoms with van der Waals surface area (Å²) < 4.78 is 20.4. The van der Waals surface area contributed by atoms with Crippen molar-refractivity contribution in [1.29, 1.82) is 0 Å². The van der Waals surface area contributed by atoms with Gasteiger partial charge in [-0.1, -0.05) is 0 Å². The van der Waals surface area contributed by atoms with Crippen molar-refractivity contribution in [2.75, 3.05) is 35.0 Å². The van der Waals surface area contributed by atoms with Gasteiger partial charge in [-0.05, 0) is 30.3 Å². The Hall–Kier alpha value is -4.28. The fourth-order valence-electron chi connectivity index (χ4n) is 2.71. The molecule has 2 aromatic carbocycles. The van der Waals surface area contributed by atoms with E-state index in [1.807, 2.05) is 0 Å². The van der Waals surface area contributed by atoms with E-state index in [1.165, 1.54) is 52.7 Å². The molecule has 0 fully saturated rings. The highest BCUT2D eigenvalue weighted by Gasteiger charge is 2.15. The van der Waals surface area contributed by atoms with E-state index >= 15 is 0 Å². The summed E-state index contributed by atoms with van der Waals surface area (Å²) in [5.74, 6) is -1.66. The molecule has 0 radical (unpaired) electrons. The number of hydrogen-bond donors (Lipinski definition) is 2. The van der Waals surface area contributed by atoms with Gasteiger partial charge >= 0.3 is 0 Å². The Morgan fingerprint density at radius 2 is 1.59 bits per heavy atom. The van der Waals surface area contributed by atoms with Gasteiger partial charge in [-0.3, -0.25) is 9.59 Å². The van der Waals surface area contributed by atoms with Gasteiger partial charge in [-0.15, -0.1) is 0 Å². The molecule has 170 valence electrons. The van der Waals surface area contributed by atoms with Crippen LogP contribution in [-0.2, 0) is 4.79 Å². The van der Waals surface area contributed by atoms with Gasteiger partial charge in [0.2, 0.25) is 0 Å². The molecule has 0 spiro atoms. The highest BCUT2D eigenvalue weighted by atomic mass is 16.5. The van der Waals surface area contributed by atoms with Crippen LogP contribution in [0.15, 0.2) is 35.4 Å². The Morgan fingerprint density at radius 1 is 0.938 bits per heavy atom. The van der Waals surface area contributed by atoms with Crippen molar-refractivity contribution in [3.05, 3.63) is 47.0 Å². The molecule has 0 saturated heterocycles. The quantitative estimate of drug-likeness (QED) is 0.383. The van der Waals surface area contributed by atoms with Gasteiger partial charge in [0.1, 0.15) is 0 Å². The number of methoxy groups -OCH3 is 4. The Labute approximate surface area is 183 Å². The Balaban J connectivity index is 2.02. The van der Waals surface area contributed by atoms with Crippen molar-refractivity contribution in [3.63, 3.8) is 0 Å². The highest BCUT2D eigenvalue weighted by Crippen LogP contribution is 2.32. The Kier molecular flexibility index (Phi) is 8.40. The van der Waals surface area contributed by atoms with Crippen molar-refractivity contribution in [2.45, 2.75) is 0 Å². The first-order chi connectivity index (χ1) is 15.4. The Morgan fingerprint density at radius 3 is 2.19 bits per heavy atom. The minimum atomic E-state index is -1.50. The summed E-state index contributed by atoms with van der Waals surface area (Å²) in [6, 6.07) is 7.46. The van der Waals surface area contributed by atoms with E-state index in [4.69, 9.17) is 18.9 Å². The van der Waals surface area contributed by atoms with Gasteiger partial charge in [0.25, 0.3) is 11.8 Å². The first-order valence-corrected chi connectivity index (χ1v) is 9.14. The largest absolute Gasteiger partial charge is 0.545 e. The molecule has 0 bridgehead atoms. The maximum Gasteiger partial charge on any atom is 0.259 e. The number of ether oxygens (including phenoxy) is 4. The highest BCUT2D eigenvalue weighted by molar-refractivity contribution is 6.01. The number of nitrogens with one attached hydrogen (secondary N) is 2. The molecule has 2 rings (SSSR count). The molecule has 2 amide bonds. The number of nitrogens with zero attached hydrogens (tertiary/aromatic N) is 1. The van der Waals surface area contributed by atoms with Crippen LogP contribution >= 0.6 is 0 Å². The summed E-state index contributed by atoms with van der Waals surface area (Å²) in [6.45, 7) is -0.371. The molecule has 0 heterocycles. The second-order valence-corrected chi connectivity index (χ2v) is 6.10. The number of carbonyl (C=O) groups excluding carboxylic acids is 3. The molecule has 0 atom stereocenters. The molecule has 0 saturated carbocycles. The van der Waals surface area contributed by atoms with Crippen LogP contribution in [0.5, 0.6) is 23.0 Å². The number of rotatable bonds is 10. The number of amides is 2. The average molecular weight is 444 g/mol. The number of carboxylic acid groups (broad SMARTS) is 1. The zero-order valence-electron chi connectivity index (χ0n) is 17.9. The number of carboxylic acids is 1. The normalized spacial score (nSPS) is 10.4. The Bertz CT molecular complexity index is 1040. The fraction of sp³-hybridized carbons (Fsp3) is 0.238. The zero-order valence-corrected chi connectivity index (χ0v) is 17.9. The summed E-state index contributed by atoms with van der Waals surface area (Å²) in [4.78, 5) is 35.7. The molecule has 0 aromatic heterocycles. The fourth-order valence-corrected chi connectivity index (χ4v) is 2.71. The second kappa shape index (κ2) is 11.2. The summed E-state index contributed by atoms with van der Waals surface area (Å²) in [6.07, 6.45) is 1.11. The van der Waals surface area contributed by atoms with Crippen LogP contribution in [0.4, 0.5) is 0 Å². The number of hydrogen-bond acceptors (Lipinski definition) is 9. The van der Waals surface area contributed by atoms with Crippen LogP contribution in [0.1, 0.15) is 26.3 Å². The van der Waals surface area contributed by atoms with Gasteiger partial charge in [0, 0.05) is 11.1 Å². The molecule has 0 aliphatic heterocycles. The van der Waals surface area contributed by atoms with E-state index in [1.54, 1.807) is 6.07 Å². The van der Waals surface area contributed by atoms with E-state index in [-0.39, 0.29) is 34.7 Å². The van der Waals surface area contributed by atoms with Crippen LogP contribution in [0, 0.1) is 0 Å². The van der Waals surface area contributed by atoms with Gasteiger partial charge < -0.3 is 34.2 Å². The standard InChI is InChI=1S/C21H23N3O8/c1-29-14-7-5-12(9-16(14)31-3)20(26)22-11-17(25)24-23-10-13-6-8-15(30-2)19(32-4)18(13)21(27)28/h5-10H,11H2,1-4H3,(H,22,26)(H,24,25)(H,27,28)/p-1/b23-10-. The van der Waals surface area contributed by atoms with Gasteiger partial charge in [-0.2, -0.15) is 5.10 Å². The first kappa shape index (κ1) is 24.0. The third-order valence-electron chi connectivity index (χ3n) is 4.23. The van der Waals surface area contributed by atoms with Gasteiger partial charge in [0.05, 0.1) is 52.7 Å². The van der Waals surface area contributed by atoms with E-state index in [0.717, 1.165) is 6.21 Å². The smallest absolute Gasteiger partial charge is 0.259 e. The lowest BCUT2D eigenvalue weighted by Gasteiger charge is -2.15. The maximum atomic E-state index is 12.2. The molecule has 0 aliphatic carbocycles. The summed E-state index contributed by atoms with van der Waals surface area (Å²) in [5.41, 5.74) is 2.30. The molecule has 11 nitrogen and oxygen atoms in total. The predicted octanol–water partition coefficient (Wildman–Crippen LogP) is -0.0354. The van der Waals surface area contributed by atoms with Crippen molar-refractivity contribution < 1.29 is 38.4 Å². The molecular weight excluding hydrogens is 422 g/mol. The average Bonchev–Trinajstić information content (AvgIpc) is 2.81. The lowest BCUT2D eigenvalue weighted by atomic mass is 10.1. The lowest BCUT2D eigenvalue weighted by molar-refractivity contribution is -0.255. The third kappa shape index (κ3) is 5.65. The van der Waals surface area contributed by atoms with E-state index in [2.05, 4.69) is 15.8 Å². The number of carbonyl (C=O) groups is 3. The number of benzene rings is 2. The minimum absolute atomic E-state index is 0.0371. The van der Waals surface area contributed by atoms with E-state index in [9.17, 15) is 19.5 Å². The van der Waals surface area contributed by atoms with Gasteiger partial charge in [0.15, 0.2) is 23.0 Å². The van der Waals surface area contributed by atoms with Gasteiger partial charge in [-0.25, -0.2) is 5.43 Å². The van der Waals surface area contributed by atoms with E-state index in [0.29, 0.717) is 11.5 Å². The molecular formula is C21H22N3O8-. The summed E-state index contributed by atoms with van der Waals surface area (Å²) >= 11 is 0. The van der Waals surface area contributed by atoms with Crippen LogP contribution in [0.3, 0.4) is 0 Å². The lowest BCUT2D eigenvalue weighted by Crippen LogP contribution is -2.35. The molecule has 11 heteroatoms. The number of aromatic carboxylic acids is 1. The first-order valence-electron chi connectivity index (χ1n) is 9.14. The van der Waals surface area contributed by atoms with Crippen LogP contribution < -0.4 is 34.8 Å².